The van der Waals surface area contributed by atoms with Crippen LogP contribution in [0.5, 0.6) is 0 Å². The number of ether oxygens (including phenoxy) is 2. The maximum absolute atomic E-state index is 11.7. The molecule has 156 valence electrons. The number of aliphatic hydroxyl groups excluding tert-OH is 1. The molecule has 4 saturated heterocycles. The van der Waals surface area contributed by atoms with Crippen LogP contribution in [0, 0.1) is 0 Å². The summed E-state index contributed by atoms with van der Waals surface area (Å²) in [7, 11) is 3.48. The van der Waals surface area contributed by atoms with Gasteiger partial charge >= 0.3 is 0 Å². The van der Waals surface area contributed by atoms with Crippen LogP contribution in [-0.4, -0.2) is 89.5 Å². The largest absolute Gasteiger partial charge is 0.380 e. The molecule has 0 aromatic heterocycles. The minimum atomic E-state index is -0.938. The van der Waals surface area contributed by atoms with Gasteiger partial charge in [0.15, 0.2) is 6.10 Å². The quantitative estimate of drug-likeness (QED) is 0.430. The number of rotatable bonds is 3. The number of azide groups is 1. The van der Waals surface area contributed by atoms with Crippen molar-refractivity contribution in [2.24, 2.45) is 5.11 Å². The molecule has 4 aliphatic rings. The molecule has 10 heteroatoms. The molecular weight excluding hydrogens is 366 g/mol. The zero-order chi connectivity index (χ0) is 20.6. The van der Waals surface area contributed by atoms with Crippen LogP contribution in [0.1, 0.15) is 39.5 Å². The number of likely N-dealkylation sites (N-methyl/N-ethyl adjacent to an activating group) is 2. The van der Waals surface area contributed by atoms with Crippen LogP contribution in [-0.2, 0) is 19.1 Å². The van der Waals surface area contributed by atoms with E-state index in [1.807, 2.05) is 0 Å². The Morgan fingerprint density at radius 1 is 1.04 bits per heavy atom. The Hall–Kier alpha value is -1.87. The van der Waals surface area contributed by atoms with Crippen LogP contribution in [0.3, 0.4) is 0 Å². The second-order valence-electron chi connectivity index (χ2n) is 7.86. The Kier molecular flexibility index (Phi) is 6.14. The third-order valence-corrected chi connectivity index (χ3v) is 6.37. The van der Waals surface area contributed by atoms with Gasteiger partial charge in [0.1, 0.15) is 12.1 Å². The van der Waals surface area contributed by atoms with Crippen molar-refractivity contribution in [2.45, 2.75) is 88.2 Å². The van der Waals surface area contributed by atoms with E-state index in [-0.39, 0.29) is 48.3 Å². The molecule has 0 aromatic rings. The number of hydrogen-bond donors (Lipinski definition) is 1. The minimum absolute atomic E-state index is 0.0814. The average Bonchev–Trinajstić information content (AvgIpc) is 3.41. The van der Waals surface area contributed by atoms with E-state index in [1.165, 1.54) is 0 Å². The van der Waals surface area contributed by atoms with E-state index >= 15 is 0 Å². The first-order chi connectivity index (χ1) is 13.3. The van der Waals surface area contributed by atoms with Gasteiger partial charge in [0, 0.05) is 19.0 Å². The van der Waals surface area contributed by atoms with Crippen molar-refractivity contribution in [3.63, 3.8) is 0 Å². The smallest absolute Gasteiger partial charge is 0.254 e. The molecule has 28 heavy (non-hydrogen) atoms. The number of carbonyl (C=O) groups is 2. The highest BCUT2D eigenvalue weighted by molar-refractivity contribution is 5.86. The number of aliphatic hydroxyl groups is 1. The maximum atomic E-state index is 11.7. The Bertz CT molecular complexity index is 649. The van der Waals surface area contributed by atoms with Crippen molar-refractivity contribution in [3.8, 4) is 0 Å². The SMILES string of the molecule is CCC1C[C@H]2C(O1)C(N=[N+]=[N-])C(=O)N2C.CCC1C[C@H]2[C@@H](O1)[C@@H](O)C(=O)N2C. The van der Waals surface area contributed by atoms with E-state index in [9.17, 15) is 14.7 Å². The van der Waals surface area contributed by atoms with Gasteiger partial charge in [0.05, 0.1) is 30.4 Å². The lowest BCUT2D eigenvalue weighted by Crippen LogP contribution is -2.31. The van der Waals surface area contributed by atoms with Gasteiger partial charge in [-0.1, -0.05) is 19.0 Å². The monoisotopic (exact) mass is 395 g/mol. The summed E-state index contributed by atoms with van der Waals surface area (Å²) in [4.78, 5) is 29.0. The fourth-order valence-corrected chi connectivity index (χ4v) is 4.59. The summed E-state index contributed by atoms with van der Waals surface area (Å²) in [6.07, 6.45) is 2.51. The normalized spacial score (nSPS) is 41.5. The third kappa shape index (κ3) is 3.45. The van der Waals surface area contributed by atoms with Gasteiger partial charge in [-0.2, -0.15) is 0 Å². The van der Waals surface area contributed by atoms with Crippen LogP contribution < -0.4 is 0 Å². The first-order valence-electron chi connectivity index (χ1n) is 9.90. The fourth-order valence-electron chi connectivity index (χ4n) is 4.59. The van der Waals surface area contributed by atoms with Crippen molar-refractivity contribution in [1.29, 1.82) is 0 Å². The molecule has 0 bridgehead atoms. The van der Waals surface area contributed by atoms with Crippen LogP contribution in [0.15, 0.2) is 5.11 Å². The Balaban J connectivity index is 0.000000162. The molecule has 10 nitrogen and oxygen atoms in total. The number of fused-ring (bicyclic) bond motifs is 2. The maximum Gasteiger partial charge on any atom is 0.254 e. The lowest BCUT2D eigenvalue weighted by Gasteiger charge is -2.16. The number of amides is 2. The standard InChI is InChI=1S/C9H14N4O2.C9H15NO3/c1-3-5-4-6-8(15-5)7(11-12-10)9(14)13(6)2;1-3-5-4-6-8(13-5)7(11)9(12)10(6)2/h5-8H,3-4H2,1-2H3;5-8,11H,3-4H2,1-2H3/t5?,6-,7?,8?;5?,6-,7+,8+/m00/s1. The van der Waals surface area contributed by atoms with Gasteiger partial charge in [0.2, 0.25) is 5.91 Å². The molecule has 0 aliphatic carbocycles. The van der Waals surface area contributed by atoms with E-state index in [0.29, 0.717) is 0 Å². The molecule has 0 aromatic carbocycles. The summed E-state index contributed by atoms with van der Waals surface area (Å²) in [5.74, 6) is -0.332. The van der Waals surface area contributed by atoms with Gasteiger partial charge in [-0.15, -0.1) is 0 Å². The predicted molar refractivity (Wildman–Crippen MR) is 99.2 cm³/mol. The van der Waals surface area contributed by atoms with E-state index < -0.39 is 12.1 Å². The topological polar surface area (TPSA) is 128 Å². The third-order valence-electron chi connectivity index (χ3n) is 6.37. The highest BCUT2D eigenvalue weighted by atomic mass is 16.5. The van der Waals surface area contributed by atoms with E-state index in [0.717, 1.165) is 25.7 Å². The summed E-state index contributed by atoms with van der Waals surface area (Å²) in [5, 5.41) is 13.1. The Morgan fingerprint density at radius 3 is 2.04 bits per heavy atom. The number of nitrogens with zero attached hydrogens (tertiary/aromatic N) is 5. The summed E-state index contributed by atoms with van der Waals surface area (Å²) < 4.78 is 11.3. The zero-order valence-corrected chi connectivity index (χ0v) is 16.8. The molecule has 4 rings (SSSR count). The summed E-state index contributed by atoms with van der Waals surface area (Å²) in [6, 6.07) is -0.494. The molecule has 4 heterocycles. The van der Waals surface area contributed by atoms with Gasteiger partial charge in [0.25, 0.3) is 5.91 Å². The summed E-state index contributed by atoms with van der Waals surface area (Å²) >= 11 is 0. The predicted octanol–water partition coefficient (Wildman–Crippen LogP) is 0.829. The number of carbonyl (C=O) groups excluding carboxylic acids is 2. The zero-order valence-electron chi connectivity index (χ0n) is 16.8. The van der Waals surface area contributed by atoms with E-state index in [4.69, 9.17) is 15.0 Å². The van der Waals surface area contributed by atoms with Crippen LogP contribution in [0.4, 0.5) is 0 Å². The first-order valence-corrected chi connectivity index (χ1v) is 9.90. The van der Waals surface area contributed by atoms with Gasteiger partial charge < -0.3 is 24.4 Å². The number of likely N-dealkylation sites (tertiary alicyclic amines) is 2. The lowest BCUT2D eigenvalue weighted by atomic mass is 10.1. The molecule has 4 aliphatic heterocycles. The molecule has 4 unspecified atom stereocenters. The Labute approximate surface area is 164 Å². The van der Waals surface area contributed by atoms with E-state index in [1.54, 1.807) is 23.9 Å². The molecular formula is C18H29N5O5. The number of hydrogen-bond acceptors (Lipinski definition) is 6. The molecule has 0 saturated carbocycles. The summed E-state index contributed by atoms with van der Waals surface area (Å²) in [5.41, 5.74) is 8.41. The molecule has 2 amide bonds. The highest BCUT2D eigenvalue weighted by Crippen LogP contribution is 2.35. The summed E-state index contributed by atoms with van der Waals surface area (Å²) in [6.45, 7) is 4.11. The lowest BCUT2D eigenvalue weighted by molar-refractivity contribution is -0.137. The average molecular weight is 395 g/mol. The highest BCUT2D eigenvalue weighted by Gasteiger charge is 2.52. The van der Waals surface area contributed by atoms with Crippen molar-refractivity contribution < 1.29 is 24.2 Å². The Morgan fingerprint density at radius 2 is 1.54 bits per heavy atom. The fraction of sp³-hybridized carbons (Fsp3) is 0.889. The molecule has 8 atom stereocenters. The second kappa shape index (κ2) is 8.24. The van der Waals surface area contributed by atoms with Crippen LogP contribution in [0.2, 0.25) is 0 Å². The van der Waals surface area contributed by atoms with Crippen molar-refractivity contribution in [3.05, 3.63) is 10.4 Å². The molecule has 0 radical (unpaired) electrons. The van der Waals surface area contributed by atoms with E-state index in [2.05, 4.69) is 23.9 Å². The minimum Gasteiger partial charge on any atom is -0.380 e. The molecule has 0 spiro atoms. The molecule has 4 fully saturated rings. The van der Waals surface area contributed by atoms with Gasteiger partial charge in [-0.25, -0.2) is 0 Å². The van der Waals surface area contributed by atoms with Gasteiger partial charge in [-0.3, -0.25) is 9.59 Å². The van der Waals surface area contributed by atoms with Crippen molar-refractivity contribution in [1.82, 2.24) is 9.80 Å². The second-order valence-corrected chi connectivity index (χ2v) is 7.86. The van der Waals surface area contributed by atoms with Crippen LogP contribution >= 0.6 is 0 Å². The van der Waals surface area contributed by atoms with Crippen LogP contribution in [0.25, 0.3) is 10.4 Å². The van der Waals surface area contributed by atoms with Gasteiger partial charge in [-0.05, 0) is 31.2 Å². The van der Waals surface area contributed by atoms with Crippen molar-refractivity contribution >= 4 is 11.8 Å². The first kappa shape index (κ1) is 20.9. The molecule has 1 N–H and O–H groups in total. The van der Waals surface area contributed by atoms with Crippen molar-refractivity contribution in [2.75, 3.05) is 14.1 Å².